The number of fused-ring (bicyclic) bond motifs is 1. The number of nitrogens with one attached hydrogen (secondary N) is 1. The number of hydrogen-bond acceptors (Lipinski definition) is 4. The summed E-state index contributed by atoms with van der Waals surface area (Å²) >= 11 is 6.00. The maximum absolute atomic E-state index is 6.00. The van der Waals surface area contributed by atoms with Crippen LogP contribution >= 0.6 is 11.6 Å². The molecule has 0 atom stereocenters. The SMILES string of the molecule is Clc1cccc(Nc2nccc(-c3cnn4ccccc34)n2)c1. The van der Waals surface area contributed by atoms with E-state index in [1.165, 1.54) is 0 Å². The quantitative estimate of drug-likeness (QED) is 0.614. The largest absolute Gasteiger partial charge is 0.324 e. The first-order chi connectivity index (χ1) is 11.3. The van der Waals surface area contributed by atoms with Gasteiger partial charge in [-0.05, 0) is 36.4 Å². The predicted molar refractivity (Wildman–Crippen MR) is 91.0 cm³/mol. The highest BCUT2D eigenvalue weighted by Crippen LogP contribution is 2.24. The zero-order valence-electron chi connectivity index (χ0n) is 12.0. The van der Waals surface area contributed by atoms with Crippen molar-refractivity contribution >= 4 is 28.8 Å². The second-order valence-corrected chi connectivity index (χ2v) is 5.43. The molecule has 0 saturated carbocycles. The van der Waals surface area contributed by atoms with Gasteiger partial charge in [-0.1, -0.05) is 23.7 Å². The van der Waals surface area contributed by atoms with Crippen molar-refractivity contribution in [2.24, 2.45) is 0 Å². The number of hydrogen-bond donors (Lipinski definition) is 1. The summed E-state index contributed by atoms with van der Waals surface area (Å²) in [6.45, 7) is 0. The van der Waals surface area contributed by atoms with Crippen LogP contribution in [0.5, 0.6) is 0 Å². The molecule has 0 aliphatic carbocycles. The number of rotatable bonds is 3. The van der Waals surface area contributed by atoms with Crippen LogP contribution in [-0.4, -0.2) is 19.6 Å². The van der Waals surface area contributed by atoms with Crippen molar-refractivity contribution < 1.29 is 0 Å². The van der Waals surface area contributed by atoms with Crippen molar-refractivity contribution in [3.63, 3.8) is 0 Å². The molecule has 3 heterocycles. The van der Waals surface area contributed by atoms with Gasteiger partial charge in [-0.2, -0.15) is 5.10 Å². The molecule has 112 valence electrons. The third-order valence-corrected chi connectivity index (χ3v) is 3.67. The topological polar surface area (TPSA) is 55.1 Å². The van der Waals surface area contributed by atoms with Gasteiger partial charge in [0.1, 0.15) is 0 Å². The van der Waals surface area contributed by atoms with Crippen LogP contribution in [0.25, 0.3) is 16.8 Å². The summed E-state index contributed by atoms with van der Waals surface area (Å²) in [6.07, 6.45) is 5.44. The fourth-order valence-corrected chi connectivity index (χ4v) is 2.59. The summed E-state index contributed by atoms with van der Waals surface area (Å²) in [5.41, 5.74) is 3.61. The molecular weight excluding hydrogens is 310 g/mol. The molecule has 0 spiro atoms. The van der Waals surface area contributed by atoms with Gasteiger partial charge >= 0.3 is 0 Å². The van der Waals surface area contributed by atoms with E-state index in [-0.39, 0.29) is 0 Å². The first kappa shape index (κ1) is 13.7. The summed E-state index contributed by atoms with van der Waals surface area (Å²) in [6, 6.07) is 15.2. The van der Waals surface area contributed by atoms with Crippen LogP contribution in [0.15, 0.2) is 67.1 Å². The predicted octanol–water partition coefficient (Wildman–Crippen LogP) is 4.19. The van der Waals surface area contributed by atoms with Gasteiger partial charge in [-0.25, -0.2) is 14.5 Å². The smallest absolute Gasteiger partial charge is 0.227 e. The summed E-state index contributed by atoms with van der Waals surface area (Å²) in [4.78, 5) is 8.83. The van der Waals surface area contributed by atoms with E-state index in [1.807, 2.05) is 59.2 Å². The van der Waals surface area contributed by atoms with Gasteiger partial charge < -0.3 is 5.32 Å². The Bertz CT molecular complexity index is 979. The van der Waals surface area contributed by atoms with Crippen molar-refractivity contribution in [2.75, 3.05) is 5.32 Å². The number of halogens is 1. The van der Waals surface area contributed by atoms with Gasteiger partial charge in [0.15, 0.2) is 0 Å². The maximum atomic E-state index is 6.00. The Morgan fingerprint density at radius 1 is 1.04 bits per heavy atom. The first-order valence-electron chi connectivity index (χ1n) is 7.08. The van der Waals surface area contributed by atoms with E-state index < -0.39 is 0 Å². The van der Waals surface area contributed by atoms with E-state index in [4.69, 9.17) is 11.6 Å². The Hall–Kier alpha value is -2.92. The van der Waals surface area contributed by atoms with Gasteiger partial charge in [0.2, 0.25) is 5.95 Å². The molecule has 0 unspecified atom stereocenters. The van der Waals surface area contributed by atoms with Gasteiger partial charge in [-0.3, -0.25) is 0 Å². The van der Waals surface area contributed by atoms with Crippen molar-refractivity contribution in [3.8, 4) is 11.3 Å². The number of aromatic nitrogens is 4. The zero-order chi connectivity index (χ0) is 15.6. The molecule has 4 aromatic rings. The maximum Gasteiger partial charge on any atom is 0.227 e. The average molecular weight is 322 g/mol. The molecule has 0 saturated heterocycles. The fraction of sp³-hybridized carbons (Fsp3) is 0. The third-order valence-electron chi connectivity index (χ3n) is 3.44. The summed E-state index contributed by atoms with van der Waals surface area (Å²) in [5.74, 6) is 0.514. The molecule has 5 nitrogen and oxygen atoms in total. The van der Waals surface area contributed by atoms with Crippen LogP contribution in [-0.2, 0) is 0 Å². The average Bonchev–Trinajstić information content (AvgIpc) is 2.99. The molecule has 0 bridgehead atoms. The van der Waals surface area contributed by atoms with E-state index in [1.54, 1.807) is 12.4 Å². The molecule has 3 aromatic heterocycles. The van der Waals surface area contributed by atoms with E-state index in [0.717, 1.165) is 22.5 Å². The van der Waals surface area contributed by atoms with Gasteiger partial charge in [0, 0.05) is 28.7 Å². The Kier molecular flexibility index (Phi) is 3.40. The van der Waals surface area contributed by atoms with Crippen LogP contribution in [0.1, 0.15) is 0 Å². The highest BCUT2D eigenvalue weighted by molar-refractivity contribution is 6.30. The highest BCUT2D eigenvalue weighted by atomic mass is 35.5. The number of benzene rings is 1. The molecule has 0 amide bonds. The molecule has 4 rings (SSSR count). The second-order valence-electron chi connectivity index (χ2n) is 4.99. The van der Waals surface area contributed by atoms with Crippen LogP contribution in [0.3, 0.4) is 0 Å². The molecule has 0 radical (unpaired) electrons. The molecule has 0 aliphatic heterocycles. The molecule has 0 aliphatic rings. The molecule has 1 aromatic carbocycles. The van der Waals surface area contributed by atoms with E-state index >= 15 is 0 Å². The lowest BCUT2D eigenvalue weighted by molar-refractivity contribution is 0.961. The van der Waals surface area contributed by atoms with Crippen LogP contribution < -0.4 is 5.32 Å². The summed E-state index contributed by atoms with van der Waals surface area (Å²) in [5, 5.41) is 8.16. The number of nitrogens with zero attached hydrogens (tertiary/aromatic N) is 4. The number of anilines is 2. The summed E-state index contributed by atoms with van der Waals surface area (Å²) < 4.78 is 1.82. The van der Waals surface area contributed by atoms with E-state index in [2.05, 4.69) is 20.4 Å². The second kappa shape index (κ2) is 5.70. The van der Waals surface area contributed by atoms with Crippen molar-refractivity contribution in [1.29, 1.82) is 0 Å². The molecule has 23 heavy (non-hydrogen) atoms. The minimum Gasteiger partial charge on any atom is -0.324 e. The van der Waals surface area contributed by atoms with Crippen molar-refractivity contribution in [1.82, 2.24) is 19.6 Å². The Morgan fingerprint density at radius 2 is 2.00 bits per heavy atom. The van der Waals surface area contributed by atoms with Crippen LogP contribution in [0.4, 0.5) is 11.6 Å². The minimum atomic E-state index is 0.514. The Balaban J connectivity index is 1.71. The lowest BCUT2D eigenvalue weighted by Gasteiger charge is -2.06. The van der Waals surface area contributed by atoms with Crippen molar-refractivity contribution in [3.05, 3.63) is 72.1 Å². The van der Waals surface area contributed by atoms with Gasteiger partial charge in [-0.15, -0.1) is 0 Å². The Morgan fingerprint density at radius 3 is 2.91 bits per heavy atom. The zero-order valence-corrected chi connectivity index (χ0v) is 12.8. The standard InChI is InChI=1S/C17H12ClN5/c18-12-4-3-5-13(10-12)21-17-19-8-7-15(22-17)14-11-20-23-9-2-1-6-16(14)23/h1-11H,(H,19,21,22). The van der Waals surface area contributed by atoms with Gasteiger partial charge in [0.05, 0.1) is 17.4 Å². The lowest BCUT2D eigenvalue weighted by atomic mass is 10.2. The van der Waals surface area contributed by atoms with E-state index in [0.29, 0.717) is 11.0 Å². The Labute approximate surface area is 137 Å². The van der Waals surface area contributed by atoms with Crippen molar-refractivity contribution in [2.45, 2.75) is 0 Å². The van der Waals surface area contributed by atoms with Crippen LogP contribution in [0.2, 0.25) is 5.02 Å². The number of pyridine rings is 1. The molecule has 1 N–H and O–H groups in total. The highest BCUT2D eigenvalue weighted by Gasteiger charge is 2.08. The summed E-state index contributed by atoms with van der Waals surface area (Å²) in [7, 11) is 0. The fourth-order valence-electron chi connectivity index (χ4n) is 2.40. The molecular formula is C17H12ClN5. The normalized spacial score (nSPS) is 10.8. The minimum absolute atomic E-state index is 0.514. The molecule has 0 fully saturated rings. The lowest BCUT2D eigenvalue weighted by Crippen LogP contribution is -1.97. The first-order valence-corrected chi connectivity index (χ1v) is 7.46. The third kappa shape index (κ3) is 2.74. The van der Waals surface area contributed by atoms with Crippen LogP contribution in [0, 0.1) is 0 Å². The monoisotopic (exact) mass is 321 g/mol. The van der Waals surface area contributed by atoms with Gasteiger partial charge in [0.25, 0.3) is 0 Å². The molecule has 6 heteroatoms. The van der Waals surface area contributed by atoms with E-state index in [9.17, 15) is 0 Å².